The summed E-state index contributed by atoms with van der Waals surface area (Å²) < 4.78 is 5.01. The van der Waals surface area contributed by atoms with Crippen molar-refractivity contribution >= 4 is 5.97 Å². The summed E-state index contributed by atoms with van der Waals surface area (Å²) in [7, 11) is 0. The van der Waals surface area contributed by atoms with Crippen LogP contribution in [-0.2, 0) is 9.53 Å². The molecule has 0 saturated carbocycles. The van der Waals surface area contributed by atoms with Gasteiger partial charge in [-0.25, -0.2) is 0 Å². The van der Waals surface area contributed by atoms with Crippen LogP contribution in [0.4, 0.5) is 0 Å². The van der Waals surface area contributed by atoms with E-state index in [9.17, 15) is 4.79 Å². The Labute approximate surface area is 72.7 Å². The molecule has 2 aliphatic rings. The van der Waals surface area contributed by atoms with Crippen LogP contribution in [0.5, 0.6) is 0 Å². The van der Waals surface area contributed by atoms with Crippen molar-refractivity contribution < 1.29 is 9.53 Å². The minimum absolute atomic E-state index is 0.0182. The lowest BCUT2D eigenvalue weighted by Crippen LogP contribution is -2.30. The molecule has 0 aliphatic carbocycles. The number of esters is 1. The molecule has 2 heterocycles. The molecule has 2 fully saturated rings. The summed E-state index contributed by atoms with van der Waals surface area (Å²) in [6.45, 7) is 5.61. The molecule has 0 aromatic heterocycles. The highest BCUT2D eigenvalue weighted by molar-refractivity contribution is 5.73. The Balaban J connectivity index is 1.93. The number of carbonyl (C=O) groups is 1. The topological polar surface area (TPSA) is 29.5 Å². The van der Waals surface area contributed by atoms with Crippen LogP contribution in [0.15, 0.2) is 0 Å². The predicted molar refractivity (Wildman–Crippen MR) is 44.7 cm³/mol. The fourth-order valence-corrected chi connectivity index (χ4v) is 2.30. The Bertz CT molecular complexity index is 193. The quantitative estimate of drug-likeness (QED) is 0.564. The van der Waals surface area contributed by atoms with E-state index in [0.29, 0.717) is 12.5 Å². The monoisotopic (exact) mass is 169 g/mol. The molecule has 2 rings (SSSR count). The van der Waals surface area contributed by atoms with Crippen molar-refractivity contribution in [3.8, 4) is 0 Å². The van der Waals surface area contributed by atoms with Gasteiger partial charge in [0.15, 0.2) is 0 Å². The van der Waals surface area contributed by atoms with Gasteiger partial charge in [0.2, 0.25) is 0 Å². The zero-order valence-electron chi connectivity index (χ0n) is 7.45. The van der Waals surface area contributed by atoms with Gasteiger partial charge in [0.1, 0.15) is 0 Å². The second-order valence-corrected chi connectivity index (χ2v) is 3.67. The van der Waals surface area contributed by atoms with Gasteiger partial charge in [-0.1, -0.05) is 0 Å². The molecule has 12 heavy (non-hydrogen) atoms. The summed E-state index contributed by atoms with van der Waals surface area (Å²) in [6, 6.07) is 0. The second kappa shape index (κ2) is 3.05. The van der Waals surface area contributed by atoms with Crippen LogP contribution in [0.2, 0.25) is 0 Å². The summed E-state index contributed by atoms with van der Waals surface area (Å²) in [5.41, 5.74) is 0. The number of ether oxygens (including phenoxy) is 1. The summed E-state index contributed by atoms with van der Waals surface area (Å²) in [4.78, 5) is 13.7. The van der Waals surface area contributed by atoms with Gasteiger partial charge in [0.05, 0.1) is 12.5 Å². The van der Waals surface area contributed by atoms with Crippen molar-refractivity contribution in [2.45, 2.75) is 13.3 Å². The lowest BCUT2D eigenvalue weighted by molar-refractivity contribution is -0.149. The molecule has 0 N–H and O–H groups in total. The minimum Gasteiger partial charge on any atom is -0.466 e. The lowest BCUT2D eigenvalue weighted by atomic mass is 9.93. The zero-order chi connectivity index (χ0) is 8.55. The highest BCUT2D eigenvalue weighted by Crippen LogP contribution is 2.33. The maximum absolute atomic E-state index is 11.4. The molecule has 2 bridgehead atoms. The van der Waals surface area contributed by atoms with Crippen molar-refractivity contribution in [3.05, 3.63) is 0 Å². The fourth-order valence-electron chi connectivity index (χ4n) is 2.30. The molecule has 3 atom stereocenters. The Morgan fingerprint density at radius 3 is 2.92 bits per heavy atom. The predicted octanol–water partition coefficient (Wildman–Crippen LogP) is 0.501. The van der Waals surface area contributed by atoms with Gasteiger partial charge in [0.25, 0.3) is 0 Å². The molecule has 0 radical (unpaired) electrons. The van der Waals surface area contributed by atoms with Gasteiger partial charge in [0, 0.05) is 13.1 Å². The SMILES string of the molecule is CCOC(=O)[C@@H]1CN2CC[C@H]1C2. The average molecular weight is 169 g/mol. The van der Waals surface area contributed by atoms with Crippen molar-refractivity contribution in [3.63, 3.8) is 0 Å². The Hall–Kier alpha value is -0.570. The molecule has 68 valence electrons. The first-order valence-electron chi connectivity index (χ1n) is 4.70. The minimum atomic E-state index is 0.0182. The summed E-state index contributed by atoms with van der Waals surface area (Å²) in [6.07, 6.45) is 1.18. The van der Waals surface area contributed by atoms with Crippen LogP contribution < -0.4 is 0 Å². The van der Waals surface area contributed by atoms with Crippen LogP contribution in [0.3, 0.4) is 0 Å². The third-order valence-corrected chi connectivity index (χ3v) is 2.92. The standard InChI is InChI=1S/C9H15NO2/c1-2-12-9(11)8-6-10-4-3-7(8)5-10/h7-8H,2-6H2,1H3/t7-,8+/m0/s1. The van der Waals surface area contributed by atoms with Crippen molar-refractivity contribution in [2.24, 2.45) is 11.8 Å². The maximum Gasteiger partial charge on any atom is 0.310 e. The molecule has 0 aromatic carbocycles. The zero-order valence-corrected chi connectivity index (χ0v) is 7.45. The smallest absolute Gasteiger partial charge is 0.310 e. The van der Waals surface area contributed by atoms with E-state index < -0.39 is 0 Å². The van der Waals surface area contributed by atoms with E-state index in [1.54, 1.807) is 0 Å². The first-order chi connectivity index (χ1) is 5.81. The third-order valence-electron chi connectivity index (χ3n) is 2.92. The Morgan fingerprint density at radius 2 is 2.42 bits per heavy atom. The summed E-state index contributed by atoms with van der Waals surface area (Å²) in [5, 5.41) is 0. The first kappa shape index (κ1) is 8.05. The molecule has 2 saturated heterocycles. The van der Waals surface area contributed by atoms with Gasteiger partial charge >= 0.3 is 5.97 Å². The normalized spacial score (nSPS) is 38.6. The van der Waals surface area contributed by atoms with Gasteiger partial charge in [-0.15, -0.1) is 0 Å². The van der Waals surface area contributed by atoms with Crippen LogP contribution in [-0.4, -0.2) is 37.1 Å². The highest BCUT2D eigenvalue weighted by atomic mass is 16.5. The van der Waals surface area contributed by atoms with E-state index in [2.05, 4.69) is 4.90 Å². The van der Waals surface area contributed by atoms with E-state index in [-0.39, 0.29) is 11.9 Å². The van der Waals surface area contributed by atoms with Crippen molar-refractivity contribution in [1.82, 2.24) is 4.90 Å². The lowest BCUT2D eigenvalue weighted by Gasteiger charge is -2.19. The number of rotatable bonds is 2. The fraction of sp³-hybridized carbons (Fsp3) is 0.889. The van der Waals surface area contributed by atoms with E-state index in [0.717, 1.165) is 13.1 Å². The van der Waals surface area contributed by atoms with E-state index in [1.807, 2.05) is 6.92 Å². The van der Waals surface area contributed by atoms with Crippen molar-refractivity contribution in [2.75, 3.05) is 26.2 Å². The van der Waals surface area contributed by atoms with Crippen LogP contribution >= 0.6 is 0 Å². The van der Waals surface area contributed by atoms with E-state index >= 15 is 0 Å². The average Bonchev–Trinajstić information content (AvgIpc) is 2.64. The van der Waals surface area contributed by atoms with E-state index in [4.69, 9.17) is 4.74 Å². The number of hydrogen-bond donors (Lipinski definition) is 0. The van der Waals surface area contributed by atoms with Gasteiger partial charge in [-0.3, -0.25) is 4.79 Å². The van der Waals surface area contributed by atoms with E-state index in [1.165, 1.54) is 13.0 Å². The second-order valence-electron chi connectivity index (χ2n) is 3.67. The maximum atomic E-state index is 11.4. The molecule has 0 spiro atoms. The number of nitrogens with zero attached hydrogens (tertiary/aromatic N) is 1. The number of fused-ring (bicyclic) bond motifs is 2. The van der Waals surface area contributed by atoms with Gasteiger partial charge in [-0.2, -0.15) is 0 Å². The number of hydrogen-bond acceptors (Lipinski definition) is 3. The molecular weight excluding hydrogens is 154 g/mol. The van der Waals surface area contributed by atoms with Crippen LogP contribution in [0.1, 0.15) is 13.3 Å². The molecule has 0 amide bonds. The number of carbonyl (C=O) groups excluding carboxylic acids is 1. The van der Waals surface area contributed by atoms with Gasteiger partial charge in [-0.05, 0) is 25.8 Å². The molecule has 3 nitrogen and oxygen atoms in total. The van der Waals surface area contributed by atoms with Gasteiger partial charge < -0.3 is 9.64 Å². The number of piperidine rings is 1. The summed E-state index contributed by atoms with van der Waals surface area (Å²) >= 11 is 0. The Morgan fingerprint density at radius 1 is 1.58 bits per heavy atom. The first-order valence-corrected chi connectivity index (χ1v) is 4.70. The molecular formula is C9H15NO2. The largest absolute Gasteiger partial charge is 0.466 e. The molecule has 0 aromatic rings. The Kier molecular flexibility index (Phi) is 2.05. The molecule has 3 heteroatoms. The van der Waals surface area contributed by atoms with Crippen LogP contribution in [0.25, 0.3) is 0 Å². The summed E-state index contributed by atoms with van der Waals surface area (Å²) in [5.74, 6) is 0.785. The highest BCUT2D eigenvalue weighted by Gasteiger charge is 2.42. The molecule has 2 aliphatic heterocycles. The van der Waals surface area contributed by atoms with Crippen LogP contribution in [0, 0.1) is 11.8 Å². The van der Waals surface area contributed by atoms with Crippen molar-refractivity contribution in [1.29, 1.82) is 0 Å². The third kappa shape index (κ3) is 1.22. The molecule has 1 unspecified atom stereocenters.